The van der Waals surface area contributed by atoms with Gasteiger partial charge >= 0.3 is 0 Å². The lowest BCUT2D eigenvalue weighted by Crippen LogP contribution is -2.37. The second-order valence-electron chi connectivity index (χ2n) is 8.01. The fraction of sp³-hybridized carbons (Fsp3) is 0.179. The van der Waals surface area contributed by atoms with E-state index in [1.807, 2.05) is 50.2 Å². The van der Waals surface area contributed by atoms with Gasteiger partial charge in [-0.1, -0.05) is 30.3 Å². The number of rotatable bonds is 5. The number of Topliss-reactive ketones (excluding diaryl/α,β-unsaturated/α-hetero) is 1. The van der Waals surface area contributed by atoms with Crippen LogP contribution in [-0.4, -0.2) is 33.6 Å². The summed E-state index contributed by atoms with van der Waals surface area (Å²) in [5.41, 5.74) is 3.34. The average Bonchev–Trinajstić information content (AvgIpc) is 2.89. The Kier molecular flexibility index (Phi) is 7.57. The number of hydrogen-bond acceptors (Lipinski definition) is 7. The number of pyridine rings is 2. The van der Waals surface area contributed by atoms with Crippen LogP contribution in [0.5, 0.6) is 23.0 Å². The van der Waals surface area contributed by atoms with Crippen LogP contribution in [0.25, 0.3) is 0 Å². The summed E-state index contributed by atoms with van der Waals surface area (Å²) in [6.07, 6.45) is 2.33. The van der Waals surface area contributed by atoms with E-state index in [0.717, 1.165) is 17.0 Å². The van der Waals surface area contributed by atoms with Gasteiger partial charge in [-0.25, -0.2) is 0 Å². The first kappa shape index (κ1) is 23.8. The van der Waals surface area contributed by atoms with Crippen molar-refractivity contribution in [1.82, 2.24) is 9.97 Å². The largest absolute Gasteiger partial charge is 0.506 e. The molecular weight excluding hydrogens is 444 g/mol. The van der Waals surface area contributed by atoms with Crippen LogP contribution in [0.3, 0.4) is 0 Å². The molecule has 1 atom stereocenters. The molecular formula is C28H26N2O5. The molecule has 5 rings (SSSR count). The van der Waals surface area contributed by atoms with Crippen LogP contribution in [0.1, 0.15) is 27.3 Å². The molecule has 0 bridgehead atoms. The minimum atomic E-state index is -0.702. The first-order valence-corrected chi connectivity index (χ1v) is 11.2. The number of aromatic hydroxyl groups is 1. The zero-order chi connectivity index (χ0) is 24.6. The summed E-state index contributed by atoms with van der Waals surface area (Å²) >= 11 is 0. The third-order valence-corrected chi connectivity index (χ3v) is 5.21. The molecule has 0 fully saturated rings. The molecule has 0 aliphatic carbocycles. The predicted octanol–water partition coefficient (Wildman–Crippen LogP) is 5.09. The summed E-state index contributed by atoms with van der Waals surface area (Å²) in [5.74, 6) is 1.81. The van der Waals surface area contributed by atoms with Gasteiger partial charge in [0.15, 0.2) is 6.10 Å². The van der Waals surface area contributed by atoms with E-state index in [0.29, 0.717) is 29.4 Å². The van der Waals surface area contributed by atoms with E-state index in [9.17, 15) is 4.79 Å². The highest BCUT2D eigenvalue weighted by Gasteiger charge is 2.31. The van der Waals surface area contributed by atoms with Gasteiger partial charge in [-0.3, -0.25) is 14.8 Å². The Morgan fingerprint density at radius 3 is 2.29 bits per heavy atom. The lowest BCUT2D eigenvalue weighted by molar-refractivity contribution is 0.0626. The Labute approximate surface area is 204 Å². The molecule has 1 N–H and O–H groups in total. The minimum Gasteiger partial charge on any atom is -0.506 e. The van der Waals surface area contributed by atoms with E-state index in [2.05, 4.69) is 9.97 Å². The number of nitrogens with zero attached hydrogens (tertiary/aromatic N) is 2. The van der Waals surface area contributed by atoms with Gasteiger partial charge in [0.25, 0.3) is 0 Å². The van der Waals surface area contributed by atoms with E-state index in [-0.39, 0.29) is 18.1 Å². The van der Waals surface area contributed by atoms with Gasteiger partial charge in [-0.15, -0.1) is 0 Å². The Morgan fingerprint density at radius 1 is 0.914 bits per heavy atom. The van der Waals surface area contributed by atoms with Crippen molar-refractivity contribution in [3.63, 3.8) is 0 Å². The number of carbonyl (C=O) groups is 1. The van der Waals surface area contributed by atoms with Crippen molar-refractivity contribution in [2.75, 3.05) is 6.61 Å². The summed E-state index contributed by atoms with van der Waals surface area (Å²) in [7, 11) is 0. The fourth-order valence-corrected chi connectivity index (χ4v) is 3.31. The maximum absolute atomic E-state index is 12.8. The van der Waals surface area contributed by atoms with Gasteiger partial charge < -0.3 is 19.3 Å². The number of carbonyl (C=O) groups excluding carboxylic acids is 1. The maximum Gasteiger partial charge on any atom is 0.210 e. The van der Waals surface area contributed by atoms with Gasteiger partial charge in [-0.2, -0.15) is 0 Å². The van der Waals surface area contributed by atoms with E-state index in [4.69, 9.17) is 19.3 Å². The van der Waals surface area contributed by atoms with Gasteiger partial charge in [-0.05, 0) is 61.9 Å². The van der Waals surface area contributed by atoms with Crippen LogP contribution in [-0.2, 0) is 6.61 Å². The highest BCUT2D eigenvalue weighted by Crippen LogP contribution is 2.30. The number of fused-ring (bicyclic) bond motifs is 1. The summed E-state index contributed by atoms with van der Waals surface area (Å²) in [4.78, 5) is 20.8. The van der Waals surface area contributed by atoms with Crippen molar-refractivity contribution in [1.29, 1.82) is 0 Å². The normalized spacial score (nSPS) is 14.1. The second-order valence-corrected chi connectivity index (χ2v) is 8.01. The molecule has 178 valence electrons. The fourth-order valence-electron chi connectivity index (χ4n) is 3.31. The zero-order valence-electron chi connectivity index (χ0n) is 19.5. The molecule has 0 radical (unpaired) electrons. The molecule has 35 heavy (non-hydrogen) atoms. The van der Waals surface area contributed by atoms with Crippen LogP contribution in [0.15, 0.2) is 85.2 Å². The second kappa shape index (κ2) is 11.2. The van der Waals surface area contributed by atoms with E-state index in [1.165, 1.54) is 6.20 Å². The quantitative estimate of drug-likeness (QED) is 0.435. The summed E-state index contributed by atoms with van der Waals surface area (Å²) in [6, 6.07) is 22.2. The van der Waals surface area contributed by atoms with E-state index < -0.39 is 6.10 Å². The molecule has 7 nitrogen and oxygen atoms in total. The lowest BCUT2D eigenvalue weighted by atomic mass is 10.0. The third kappa shape index (κ3) is 6.57. The molecule has 0 amide bonds. The predicted molar refractivity (Wildman–Crippen MR) is 131 cm³/mol. The summed E-state index contributed by atoms with van der Waals surface area (Å²) < 4.78 is 17.3. The van der Waals surface area contributed by atoms with Crippen LogP contribution < -0.4 is 14.2 Å². The van der Waals surface area contributed by atoms with Crippen molar-refractivity contribution in [3.05, 3.63) is 108 Å². The van der Waals surface area contributed by atoms with Crippen molar-refractivity contribution in [3.8, 4) is 23.0 Å². The zero-order valence-corrected chi connectivity index (χ0v) is 19.5. The average molecular weight is 471 g/mol. The molecule has 0 spiro atoms. The number of hydrogen-bond donors (Lipinski definition) is 1. The van der Waals surface area contributed by atoms with Crippen molar-refractivity contribution < 1.29 is 24.1 Å². The van der Waals surface area contributed by atoms with Gasteiger partial charge in [0, 0.05) is 11.4 Å². The Hall–Kier alpha value is -4.39. The van der Waals surface area contributed by atoms with E-state index in [1.54, 1.807) is 42.6 Å². The van der Waals surface area contributed by atoms with Crippen molar-refractivity contribution in [2.24, 2.45) is 0 Å². The summed E-state index contributed by atoms with van der Waals surface area (Å²) in [6.45, 7) is 4.37. The standard InChI is InChI=1S/C22H19NO4.C6H7NO/c1-15-7-8-18(12-23-15)27-21-14-26-20-10-9-17(11-19(20)22(21)24)25-13-16-5-3-2-4-6-16;1-5-2-3-6(8)4-7-5/h2-12,21H,13-14H2,1H3;2-4,8H,1H3. The minimum absolute atomic E-state index is 0.123. The van der Waals surface area contributed by atoms with Gasteiger partial charge in [0.2, 0.25) is 5.78 Å². The number of benzene rings is 2. The highest BCUT2D eigenvalue weighted by atomic mass is 16.5. The molecule has 1 aliphatic heterocycles. The summed E-state index contributed by atoms with van der Waals surface area (Å²) in [5, 5.41) is 8.69. The number of aryl methyl sites for hydroxylation is 2. The number of ether oxygens (including phenoxy) is 3. The van der Waals surface area contributed by atoms with Crippen LogP contribution >= 0.6 is 0 Å². The van der Waals surface area contributed by atoms with Crippen LogP contribution in [0.2, 0.25) is 0 Å². The molecule has 0 saturated heterocycles. The molecule has 4 aromatic rings. The molecule has 7 heteroatoms. The van der Waals surface area contributed by atoms with E-state index >= 15 is 0 Å². The lowest BCUT2D eigenvalue weighted by Gasteiger charge is -2.25. The number of aromatic nitrogens is 2. The molecule has 2 aromatic carbocycles. The smallest absolute Gasteiger partial charge is 0.210 e. The molecule has 1 unspecified atom stereocenters. The molecule has 2 aromatic heterocycles. The molecule has 0 saturated carbocycles. The monoisotopic (exact) mass is 470 g/mol. The molecule has 1 aliphatic rings. The van der Waals surface area contributed by atoms with Crippen LogP contribution in [0.4, 0.5) is 0 Å². The van der Waals surface area contributed by atoms with Gasteiger partial charge in [0.05, 0.1) is 18.0 Å². The van der Waals surface area contributed by atoms with Crippen molar-refractivity contribution >= 4 is 5.78 Å². The molecule has 3 heterocycles. The third-order valence-electron chi connectivity index (χ3n) is 5.21. The number of ketones is 1. The first-order valence-electron chi connectivity index (χ1n) is 11.2. The Balaban J connectivity index is 0.000000308. The Bertz CT molecular complexity index is 1240. The van der Waals surface area contributed by atoms with Crippen LogP contribution in [0, 0.1) is 13.8 Å². The SMILES string of the molecule is Cc1ccc(O)cn1.Cc1ccc(OC2COc3ccc(OCc4ccccc4)cc3C2=O)cn1. The maximum atomic E-state index is 12.8. The topological polar surface area (TPSA) is 90.8 Å². The first-order chi connectivity index (χ1) is 17.0. The van der Waals surface area contributed by atoms with Gasteiger partial charge in [0.1, 0.15) is 36.2 Å². The highest BCUT2D eigenvalue weighted by molar-refractivity contribution is 6.03. The Morgan fingerprint density at radius 2 is 1.63 bits per heavy atom. The van der Waals surface area contributed by atoms with Crippen molar-refractivity contribution in [2.45, 2.75) is 26.6 Å².